The number of halogens is 1. The van der Waals surface area contributed by atoms with Gasteiger partial charge < -0.3 is 4.90 Å². The van der Waals surface area contributed by atoms with Gasteiger partial charge in [0, 0.05) is 18.9 Å². The predicted molar refractivity (Wildman–Crippen MR) is 70.9 cm³/mol. The Labute approximate surface area is 106 Å². The maximum atomic E-state index is 5.78. The Hall–Kier alpha value is -1.61. The molecule has 3 nitrogen and oxygen atoms in total. The summed E-state index contributed by atoms with van der Waals surface area (Å²) in [6, 6.07) is 10.2. The average Bonchev–Trinajstić information content (AvgIpc) is 2.38. The van der Waals surface area contributed by atoms with Gasteiger partial charge in [-0.1, -0.05) is 19.1 Å². The number of hydrogen-bond donors (Lipinski definition) is 0. The minimum absolute atomic E-state index is 0.263. The molecule has 0 aliphatic rings. The predicted octanol–water partition coefficient (Wildman–Crippen LogP) is 3.46. The molecule has 0 saturated heterocycles. The monoisotopic (exact) mass is 247 g/mol. The third-order valence-corrected chi connectivity index (χ3v) is 2.87. The minimum atomic E-state index is 0.263. The highest BCUT2D eigenvalue weighted by molar-refractivity contribution is 6.28. The van der Waals surface area contributed by atoms with Crippen LogP contribution >= 0.6 is 11.6 Å². The minimum Gasteiger partial charge on any atom is -0.329 e. The smallest absolute Gasteiger partial charge is 0.224 e. The quantitative estimate of drug-likeness (QED) is 0.778. The molecule has 0 bridgehead atoms. The Morgan fingerprint density at radius 1 is 1.18 bits per heavy atom. The number of nitrogens with zero attached hydrogens (tertiary/aromatic N) is 3. The van der Waals surface area contributed by atoms with Crippen LogP contribution in [-0.4, -0.2) is 17.0 Å². The highest BCUT2D eigenvalue weighted by Gasteiger charge is 2.05. The van der Waals surface area contributed by atoms with Crippen LogP contribution in [0, 0.1) is 0 Å². The number of aryl methyl sites for hydroxylation is 1. The summed E-state index contributed by atoms with van der Waals surface area (Å²) in [5.41, 5.74) is 2.40. The van der Waals surface area contributed by atoms with Crippen molar-refractivity contribution in [3.63, 3.8) is 0 Å². The van der Waals surface area contributed by atoms with Crippen molar-refractivity contribution in [1.82, 2.24) is 9.97 Å². The third kappa shape index (κ3) is 2.74. The second-order valence-electron chi connectivity index (χ2n) is 3.76. The molecule has 0 N–H and O–H groups in total. The van der Waals surface area contributed by atoms with Crippen molar-refractivity contribution in [2.24, 2.45) is 0 Å². The van der Waals surface area contributed by atoms with Crippen LogP contribution in [0.25, 0.3) is 0 Å². The maximum Gasteiger partial charge on any atom is 0.224 e. The largest absolute Gasteiger partial charge is 0.329 e. The molecule has 2 aromatic rings. The van der Waals surface area contributed by atoms with Crippen molar-refractivity contribution >= 4 is 23.1 Å². The fourth-order valence-corrected chi connectivity index (χ4v) is 1.74. The van der Waals surface area contributed by atoms with Crippen LogP contribution in [0.5, 0.6) is 0 Å². The zero-order valence-corrected chi connectivity index (χ0v) is 10.6. The number of anilines is 2. The number of benzene rings is 1. The SMILES string of the molecule is CCc1ccc(N(C)c2ccnc(Cl)n2)cc1. The Bertz CT molecular complexity index is 496. The first kappa shape index (κ1) is 11.9. The molecule has 2 rings (SSSR count). The van der Waals surface area contributed by atoms with Gasteiger partial charge in [0.1, 0.15) is 5.82 Å². The Balaban J connectivity index is 2.27. The molecule has 0 amide bonds. The van der Waals surface area contributed by atoms with Crippen molar-refractivity contribution in [3.8, 4) is 0 Å². The summed E-state index contributed by atoms with van der Waals surface area (Å²) in [7, 11) is 1.96. The highest BCUT2D eigenvalue weighted by Crippen LogP contribution is 2.22. The van der Waals surface area contributed by atoms with E-state index in [9.17, 15) is 0 Å². The molecule has 4 heteroatoms. The molecule has 1 aromatic carbocycles. The zero-order valence-electron chi connectivity index (χ0n) is 9.89. The van der Waals surface area contributed by atoms with Gasteiger partial charge in [0.05, 0.1) is 0 Å². The van der Waals surface area contributed by atoms with Crippen molar-refractivity contribution in [1.29, 1.82) is 0 Å². The molecule has 0 saturated carbocycles. The Morgan fingerprint density at radius 2 is 1.88 bits per heavy atom. The number of aromatic nitrogens is 2. The Kier molecular flexibility index (Phi) is 3.59. The molecule has 17 heavy (non-hydrogen) atoms. The van der Waals surface area contributed by atoms with Crippen molar-refractivity contribution < 1.29 is 0 Å². The first-order valence-corrected chi connectivity index (χ1v) is 5.89. The molecule has 0 unspecified atom stereocenters. The molecule has 0 radical (unpaired) electrons. The first-order chi connectivity index (χ1) is 8.20. The lowest BCUT2D eigenvalue weighted by molar-refractivity contribution is 1.07. The molecular formula is C13H14ClN3. The van der Waals surface area contributed by atoms with Gasteiger partial charge in [-0.05, 0) is 41.8 Å². The molecule has 0 fully saturated rings. The highest BCUT2D eigenvalue weighted by atomic mass is 35.5. The van der Waals surface area contributed by atoms with E-state index in [0.717, 1.165) is 17.9 Å². The normalized spacial score (nSPS) is 10.3. The van der Waals surface area contributed by atoms with Crippen LogP contribution in [0.2, 0.25) is 5.28 Å². The van der Waals surface area contributed by atoms with Gasteiger partial charge in [-0.2, -0.15) is 0 Å². The van der Waals surface area contributed by atoms with Crippen LogP contribution in [0.1, 0.15) is 12.5 Å². The van der Waals surface area contributed by atoms with Crippen LogP contribution in [-0.2, 0) is 6.42 Å². The second kappa shape index (κ2) is 5.15. The maximum absolute atomic E-state index is 5.78. The van der Waals surface area contributed by atoms with E-state index in [1.165, 1.54) is 5.56 Å². The van der Waals surface area contributed by atoms with E-state index < -0.39 is 0 Å². The van der Waals surface area contributed by atoms with E-state index in [4.69, 9.17) is 11.6 Å². The molecular weight excluding hydrogens is 234 g/mol. The molecule has 0 aliphatic carbocycles. The van der Waals surface area contributed by atoms with Gasteiger partial charge in [-0.25, -0.2) is 9.97 Å². The molecule has 0 atom stereocenters. The van der Waals surface area contributed by atoms with Crippen LogP contribution in [0.3, 0.4) is 0 Å². The summed E-state index contributed by atoms with van der Waals surface area (Å²) in [5.74, 6) is 0.786. The first-order valence-electron chi connectivity index (χ1n) is 5.52. The van der Waals surface area contributed by atoms with E-state index in [2.05, 4.69) is 41.2 Å². The molecule has 0 aliphatic heterocycles. The van der Waals surface area contributed by atoms with Crippen molar-refractivity contribution in [2.45, 2.75) is 13.3 Å². The Morgan fingerprint density at radius 3 is 2.47 bits per heavy atom. The van der Waals surface area contributed by atoms with E-state index in [1.807, 2.05) is 18.0 Å². The fraction of sp³-hybridized carbons (Fsp3) is 0.231. The van der Waals surface area contributed by atoms with Gasteiger partial charge in [-0.15, -0.1) is 0 Å². The van der Waals surface area contributed by atoms with Crippen LogP contribution in [0.4, 0.5) is 11.5 Å². The summed E-state index contributed by atoms with van der Waals surface area (Å²) in [5, 5.41) is 0.263. The van der Waals surface area contributed by atoms with Gasteiger partial charge in [0.2, 0.25) is 5.28 Å². The van der Waals surface area contributed by atoms with E-state index in [0.29, 0.717) is 0 Å². The lowest BCUT2D eigenvalue weighted by Gasteiger charge is -2.18. The van der Waals surface area contributed by atoms with Crippen LogP contribution in [0.15, 0.2) is 36.5 Å². The molecule has 0 spiro atoms. The van der Waals surface area contributed by atoms with Crippen molar-refractivity contribution in [3.05, 3.63) is 47.4 Å². The topological polar surface area (TPSA) is 29.0 Å². The van der Waals surface area contributed by atoms with Crippen LogP contribution < -0.4 is 4.90 Å². The molecule has 1 heterocycles. The number of hydrogen-bond acceptors (Lipinski definition) is 3. The van der Waals surface area contributed by atoms with E-state index >= 15 is 0 Å². The van der Waals surface area contributed by atoms with Gasteiger partial charge in [-0.3, -0.25) is 0 Å². The summed E-state index contributed by atoms with van der Waals surface area (Å²) < 4.78 is 0. The lowest BCUT2D eigenvalue weighted by Crippen LogP contribution is -2.11. The summed E-state index contributed by atoms with van der Waals surface area (Å²) >= 11 is 5.78. The lowest BCUT2D eigenvalue weighted by atomic mass is 10.1. The second-order valence-corrected chi connectivity index (χ2v) is 4.10. The average molecular weight is 248 g/mol. The van der Waals surface area contributed by atoms with Gasteiger partial charge >= 0.3 is 0 Å². The zero-order chi connectivity index (χ0) is 12.3. The third-order valence-electron chi connectivity index (χ3n) is 2.69. The standard InChI is InChI=1S/C13H14ClN3/c1-3-10-4-6-11(7-5-10)17(2)12-8-9-15-13(14)16-12/h4-9H,3H2,1-2H3. The summed E-state index contributed by atoms with van der Waals surface area (Å²) in [4.78, 5) is 10.0. The fourth-order valence-electron chi connectivity index (χ4n) is 1.60. The summed E-state index contributed by atoms with van der Waals surface area (Å²) in [6.45, 7) is 2.14. The number of rotatable bonds is 3. The van der Waals surface area contributed by atoms with E-state index in [1.54, 1.807) is 6.20 Å². The van der Waals surface area contributed by atoms with Gasteiger partial charge in [0.25, 0.3) is 0 Å². The molecule has 88 valence electrons. The van der Waals surface area contributed by atoms with Gasteiger partial charge in [0.15, 0.2) is 0 Å². The van der Waals surface area contributed by atoms with Crippen molar-refractivity contribution in [2.75, 3.05) is 11.9 Å². The molecule has 1 aromatic heterocycles. The van der Waals surface area contributed by atoms with E-state index in [-0.39, 0.29) is 5.28 Å². The summed E-state index contributed by atoms with van der Waals surface area (Å²) in [6.07, 6.45) is 2.70.